The van der Waals surface area contributed by atoms with Crippen molar-refractivity contribution in [3.8, 4) is 11.5 Å². The highest BCUT2D eigenvalue weighted by Gasteiger charge is 2.34. The maximum Gasteiger partial charge on any atom is 0.335 e. The van der Waals surface area contributed by atoms with E-state index in [9.17, 15) is 28.1 Å². The molecule has 0 unspecified atom stereocenters. The number of amides is 1. The van der Waals surface area contributed by atoms with Gasteiger partial charge in [-0.3, -0.25) is 19.2 Å². The Morgan fingerprint density at radius 1 is 1.08 bits per heavy atom. The van der Waals surface area contributed by atoms with E-state index in [1.165, 1.54) is 75.0 Å². The van der Waals surface area contributed by atoms with Crippen molar-refractivity contribution < 1.29 is 37.5 Å². The summed E-state index contributed by atoms with van der Waals surface area (Å²) in [5.74, 6) is -1.60. The number of nitrogens with one attached hydrogen (secondary N) is 1. The van der Waals surface area contributed by atoms with Gasteiger partial charge < -0.3 is 14.6 Å². The third-order valence-electron chi connectivity index (χ3n) is 5.13. The maximum atomic E-state index is 13.7. The zero-order chi connectivity index (χ0) is 27.9. The highest BCUT2D eigenvalue weighted by atomic mass is 32.2. The summed E-state index contributed by atoms with van der Waals surface area (Å²) in [5.41, 5.74) is 1.99. The fourth-order valence-electron chi connectivity index (χ4n) is 3.29. The third-order valence-corrected chi connectivity index (χ3v) is 6.94. The molecule has 0 spiro atoms. The molecule has 0 saturated carbocycles. The zero-order valence-corrected chi connectivity index (χ0v) is 20.9. The van der Waals surface area contributed by atoms with Crippen molar-refractivity contribution in [3.63, 3.8) is 0 Å². The highest BCUT2D eigenvalue weighted by Crippen LogP contribution is 2.37. The normalized spacial score (nSPS) is 11.1. The quantitative estimate of drug-likeness (QED) is 0.209. The summed E-state index contributed by atoms with van der Waals surface area (Å²) in [6, 6.07) is 14.5. The van der Waals surface area contributed by atoms with Gasteiger partial charge in [0.2, 0.25) is 0 Å². The van der Waals surface area contributed by atoms with Crippen LogP contribution in [0.4, 0.5) is 11.4 Å². The standard InChI is InChI=1S/C24H22N4O9S/c1-36-18-11-12-19(21(13-18)37-2)27(38(34,35)22-6-4-3-5-20(22)28(32)33)15-23(29)26-25-14-16-7-9-17(10-8-16)24(30)31/h3-14H,15H2,1-2H3,(H,26,29)(H,30,31)/b25-14-. The van der Waals surface area contributed by atoms with Crippen LogP contribution >= 0.6 is 0 Å². The number of benzene rings is 3. The number of ether oxygens (including phenoxy) is 2. The number of anilines is 1. The Bertz CT molecular complexity index is 1490. The van der Waals surface area contributed by atoms with Gasteiger partial charge in [0.25, 0.3) is 21.6 Å². The van der Waals surface area contributed by atoms with E-state index < -0.39 is 44.0 Å². The minimum atomic E-state index is -4.66. The average Bonchev–Trinajstić information content (AvgIpc) is 2.91. The first-order valence-electron chi connectivity index (χ1n) is 10.7. The number of nitro benzene ring substituents is 1. The first kappa shape index (κ1) is 27.6. The summed E-state index contributed by atoms with van der Waals surface area (Å²) < 4.78 is 38.4. The van der Waals surface area contributed by atoms with Crippen LogP contribution in [-0.4, -0.2) is 57.3 Å². The number of carbonyl (C=O) groups excluding carboxylic acids is 1. The number of nitro groups is 1. The summed E-state index contributed by atoms with van der Waals surface area (Å²) in [7, 11) is -1.98. The predicted molar refractivity (Wildman–Crippen MR) is 136 cm³/mol. The topological polar surface area (TPSA) is 178 Å². The van der Waals surface area contributed by atoms with Crippen molar-refractivity contribution in [2.45, 2.75) is 4.90 Å². The van der Waals surface area contributed by atoms with Crippen LogP contribution in [0, 0.1) is 10.1 Å². The molecule has 3 aromatic carbocycles. The van der Waals surface area contributed by atoms with Gasteiger partial charge in [-0.1, -0.05) is 24.3 Å². The molecule has 0 radical (unpaired) electrons. The summed E-state index contributed by atoms with van der Waals surface area (Å²) >= 11 is 0. The summed E-state index contributed by atoms with van der Waals surface area (Å²) in [6.07, 6.45) is 1.23. The van der Waals surface area contributed by atoms with Crippen LogP contribution in [0.3, 0.4) is 0 Å². The molecule has 13 nitrogen and oxygen atoms in total. The largest absolute Gasteiger partial charge is 0.497 e. The van der Waals surface area contributed by atoms with Crippen molar-refractivity contribution >= 4 is 39.5 Å². The number of hydrazone groups is 1. The third kappa shape index (κ3) is 6.22. The Kier molecular flexibility index (Phi) is 8.60. The summed E-state index contributed by atoms with van der Waals surface area (Å²) in [4.78, 5) is 33.8. The fraction of sp³-hybridized carbons (Fsp3) is 0.125. The van der Waals surface area contributed by atoms with Crippen LogP contribution < -0.4 is 19.2 Å². The molecule has 0 aliphatic heterocycles. The number of hydrogen-bond acceptors (Lipinski definition) is 9. The van der Waals surface area contributed by atoms with Gasteiger partial charge in [-0.05, 0) is 35.9 Å². The van der Waals surface area contributed by atoms with E-state index in [1.54, 1.807) is 0 Å². The SMILES string of the molecule is COc1ccc(N(CC(=O)N/N=C\c2ccc(C(=O)O)cc2)S(=O)(=O)c2ccccc2[N+](=O)[O-])c(OC)c1. The number of carboxylic acids is 1. The predicted octanol–water partition coefficient (Wildman–Crippen LogP) is 2.66. The molecule has 14 heteroatoms. The van der Waals surface area contributed by atoms with Gasteiger partial charge in [0.05, 0.1) is 36.6 Å². The molecule has 1 amide bonds. The van der Waals surface area contributed by atoms with Gasteiger partial charge in [0, 0.05) is 12.1 Å². The number of nitrogens with zero attached hydrogens (tertiary/aromatic N) is 3. The molecule has 0 fully saturated rings. The van der Waals surface area contributed by atoms with Crippen LogP contribution in [0.2, 0.25) is 0 Å². The highest BCUT2D eigenvalue weighted by molar-refractivity contribution is 7.93. The molecule has 2 N–H and O–H groups in total. The summed E-state index contributed by atoms with van der Waals surface area (Å²) in [6.45, 7) is -0.813. The number of carbonyl (C=O) groups is 2. The van der Waals surface area contributed by atoms with Crippen molar-refractivity contribution in [3.05, 3.63) is 88.0 Å². The first-order chi connectivity index (χ1) is 18.1. The van der Waals surface area contributed by atoms with Gasteiger partial charge in [-0.2, -0.15) is 5.10 Å². The Hall–Kier alpha value is -4.98. The second kappa shape index (κ2) is 11.8. The van der Waals surface area contributed by atoms with E-state index in [2.05, 4.69) is 10.5 Å². The average molecular weight is 543 g/mol. The lowest BCUT2D eigenvalue weighted by Gasteiger charge is -2.25. The molecular formula is C24H22N4O9S. The Morgan fingerprint density at radius 3 is 2.37 bits per heavy atom. The lowest BCUT2D eigenvalue weighted by Crippen LogP contribution is -2.40. The minimum Gasteiger partial charge on any atom is -0.497 e. The fourth-order valence-corrected chi connectivity index (χ4v) is 4.88. The second-order valence-electron chi connectivity index (χ2n) is 7.49. The monoisotopic (exact) mass is 542 g/mol. The smallest absolute Gasteiger partial charge is 0.335 e. The van der Waals surface area contributed by atoms with E-state index in [0.717, 1.165) is 12.1 Å². The molecular weight excluding hydrogens is 520 g/mol. The van der Waals surface area contributed by atoms with Crippen LogP contribution in [-0.2, 0) is 14.8 Å². The molecule has 0 heterocycles. The van der Waals surface area contributed by atoms with E-state index in [4.69, 9.17) is 14.6 Å². The Morgan fingerprint density at radius 2 is 1.76 bits per heavy atom. The Balaban J connectivity index is 1.96. The van der Waals surface area contributed by atoms with Crippen molar-refractivity contribution in [2.24, 2.45) is 5.10 Å². The lowest BCUT2D eigenvalue weighted by molar-refractivity contribution is -0.387. The first-order valence-corrected chi connectivity index (χ1v) is 12.2. The van der Waals surface area contributed by atoms with Gasteiger partial charge in [-0.15, -0.1) is 0 Å². The number of para-hydroxylation sites is 1. The number of sulfonamides is 1. The lowest BCUT2D eigenvalue weighted by atomic mass is 10.1. The number of rotatable bonds is 11. The molecule has 0 saturated heterocycles. The number of methoxy groups -OCH3 is 2. The molecule has 3 aromatic rings. The molecule has 198 valence electrons. The molecule has 0 aromatic heterocycles. The van der Waals surface area contributed by atoms with Crippen LogP contribution in [0.15, 0.2) is 76.7 Å². The minimum absolute atomic E-state index is 0.0290. The van der Waals surface area contributed by atoms with Gasteiger partial charge in [0.15, 0.2) is 4.90 Å². The molecule has 3 rings (SSSR count). The van der Waals surface area contributed by atoms with Gasteiger partial charge in [0.1, 0.15) is 18.0 Å². The summed E-state index contributed by atoms with van der Waals surface area (Å²) in [5, 5.41) is 24.3. The van der Waals surface area contributed by atoms with Crippen LogP contribution in [0.1, 0.15) is 15.9 Å². The van der Waals surface area contributed by atoms with Crippen molar-refractivity contribution in [1.82, 2.24) is 5.43 Å². The van der Waals surface area contributed by atoms with E-state index >= 15 is 0 Å². The Labute approximate surface area is 217 Å². The maximum absolute atomic E-state index is 13.7. The van der Waals surface area contributed by atoms with E-state index in [1.807, 2.05) is 0 Å². The van der Waals surface area contributed by atoms with Crippen molar-refractivity contribution in [1.29, 1.82) is 0 Å². The second-order valence-corrected chi connectivity index (χ2v) is 9.33. The van der Waals surface area contributed by atoms with Gasteiger partial charge in [-0.25, -0.2) is 18.6 Å². The van der Waals surface area contributed by atoms with Crippen LogP contribution in [0.5, 0.6) is 11.5 Å². The zero-order valence-electron chi connectivity index (χ0n) is 20.1. The van der Waals surface area contributed by atoms with Crippen molar-refractivity contribution in [2.75, 3.05) is 25.1 Å². The van der Waals surface area contributed by atoms with E-state index in [0.29, 0.717) is 15.6 Å². The molecule has 0 aliphatic carbocycles. The van der Waals surface area contributed by atoms with Gasteiger partial charge >= 0.3 is 5.97 Å². The number of hydrogen-bond donors (Lipinski definition) is 2. The van der Waals surface area contributed by atoms with E-state index in [-0.39, 0.29) is 17.0 Å². The molecule has 0 aliphatic rings. The number of aromatic carboxylic acids is 1. The molecule has 38 heavy (non-hydrogen) atoms. The molecule has 0 atom stereocenters. The van der Waals surface area contributed by atoms with Crippen LogP contribution in [0.25, 0.3) is 0 Å². The molecule has 0 bridgehead atoms. The number of carboxylic acid groups (broad SMARTS) is 1.